The molecule has 3 heterocycles. The Kier molecular flexibility index (Phi) is 4.95. The molecule has 1 saturated carbocycles. The van der Waals surface area contributed by atoms with Crippen molar-refractivity contribution in [3.63, 3.8) is 0 Å². The lowest BCUT2D eigenvalue weighted by Gasteiger charge is -2.35. The van der Waals surface area contributed by atoms with Gasteiger partial charge in [0.1, 0.15) is 29.6 Å². The zero-order valence-corrected chi connectivity index (χ0v) is 16.9. The molecule has 0 bridgehead atoms. The molecule has 2 aliphatic heterocycles. The van der Waals surface area contributed by atoms with Crippen molar-refractivity contribution in [3.8, 4) is 0 Å². The second kappa shape index (κ2) is 7.79. The molecular weight excluding hydrogens is 406 g/mol. The zero-order chi connectivity index (χ0) is 21.5. The summed E-state index contributed by atoms with van der Waals surface area (Å²) in [6.07, 6.45) is 3.69. The maximum Gasteiger partial charge on any atom is 0.414 e. The fourth-order valence-corrected chi connectivity index (χ4v) is 4.09. The number of pyridine rings is 1. The van der Waals surface area contributed by atoms with Crippen molar-refractivity contribution in [2.24, 2.45) is 0 Å². The van der Waals surface area contributed by atoms with Crippen LogP contribution in [-0.4, -0.2) is 61.2 Å². The fraction of sp³-hybridized carbons (Fsp3) is 0.409. The van der Waals surface area contributed by atoms with E-state index in [2.05, 4.69) is 16.0 Å². The number of carbonyl (C=O) groups is 2. The summed E-state index contributed by atoms with van der Waals surface area (Å²) in [6, 6.07) is 6.10. The number of ether oxygens (including phenoxy) is 1. The average molecular weight is 428 g/mol. The second-order valence-electron chi connectivity index (χ2n) is 8.05. The van der Waals surface area contributed by atoms with E-state index in [-0.39, 0.29) is 18.8 Å². The van der Waals surface area contributed by atoms with Crippen molar-refractivity contribution in [2.75, 3.05) is 49.1 Å². The van der Waals surface area contributed by atoms with Gasteiger partial charge in [0.05, 0.1) is 12.2 Å². The minimum Gasteiger partial charge on any atom is -0.447 e. The molecule has 0 N–H and O–H groups in total. The van der Waals surface area contributed by atoms with E-state index in [1.54, 1.807) is 0 Å². The molecule has 1 aromatic carbocycles. The quantitative estimate of drug-likeness (QED) is 0.749. The Morgan fingerprint density at radius 1 is 1.03 bits per heavy atom. The zero-order valence-electron chi connectivity index (χ0n) is 16.9. The van der Waals surface area contributed by atoms with E-state index >= 15 is 0 Å². The van der Waals surface area contributed by atoms with Gasteiger partial charge < -0.3 is 14.5 Å². The molecule has 7 nitrogen and oxygen atoms in total. The van der Waals surface area contributed by atoms with Gasteiger partial charge in [0.15, 0.2) is 0 Å². The number of amides is 2. The molecule has 31 heavy (non-hydrogen) atoms. The molecule has 2 aromatic rings. The van der Waals surface area contributed by atoms with Crippen molar-refractivity contribution in [2.45, 2.75) is 18.8 Å². The molecular formula is C22H22F2N4O3. The SMILES string of the molecule is O=C(c1c(F)cc(N2CCOC2=O)cc1F)N1CCN(c2ccc(C3CC3)cn2)CC1. The predicted molar refractivity (Wildman–Crippen MR) is 109 cm³/mol. The normalized spacial score (nSPS) is 19.0. The van der Waals surface area contributed by atoms with Gasteiger partial charge >= 0.3 is 6.09 Å². The Balaban J connectivity index is 1.26. The topological polar surface area (TPSA) is 66.0 Å². The van der Waals surface area contributed by atoms with Crippen LogP contribution in [-0.2, 0) is 4.74 Å². The third-order valence-electron chi connectivity index (χ3n) is 6.02. The minimum atomic E-state index is -0.987. The van der Waals surface area contributed by atoms with E-state index in [1.165, 1.54) is 23.3 Å². The molecule has 2 amide bonds. The predicted octanol–water partition coefficient (Wildman–Crippen LogP) is 3.16. The molecule has 3 aliphatic rings. The largest absolute Gasteiger partial charge is 0.447 e. The molecule has 0 atom stereocenters. The summed E-state index contributed by atoms with van der Waals surface area (Å²) in [5, 5.41) is 0. The Morgan fingerprint density at radius 3 is 2.29 bits per heavy atom. The van der Waals surface area contributed by atoms with Crippen LogP contribution in [0.2, 0.25) is 0 Å². The maximum atomic E-state index is 14.7. The van der Waals surface area contributed by atoms with Gasteiger partial charge in [0.2, 0.25) is 0 Å². The molecule has 0 spiro atoms. The van der Waals surface area contributed by atoms with Crippen molar-refractivity contribution >= 4 is 23.5 Å². The molecule has 1 aliphatic carbocycles. The summed E-state index contributed by atoms with van der Waals surface area (Å²) in [5.41, 5.74) is 0.699. The van der Waals surface area contributed by atoms with E-state index < -0.39 is 29.2 Å². The van der Waals surface area contributed by atoms with Crippen molar-refractivity contribution in [1.29, 1.82) is 0 Å². The summed E-state index contributed by atoms with van der Waals surface area (Å²) in [4.78, 5) is 33.6. The highest BCUT2D eigenvalue weighted by Gasteiger charge is 2.30. The number of piperazine rings is 1. The summed E-state index contributed by atoms with van der Waals surface area (Å²) in [6.45, 7) is 2.10. The number of benzene rings is 1. The van der Waals surface area contributed by atoms with Crippen LogP contribution in [0.3, 0.4) is 0 Å². The second-order valence-corrected chi connectivity index (χ2v) is 8.05. The molecule has 0 radical (unpaired) electrons. The minimum absolute atomic E-state index is 0.0413. The summed E-state index contributed by atoms with van der Waals surface area (Å²) in [7, 11) is 0. The molecule has 162 valence electrons. The molecule has 9 heteroatoms. The van der Waals surface area contributed by atoms with Gasteiger partial charge in [0, 0.05) is 32.4 Å². The Labute approximate surface area is 178 Å². The summed E-state index contributed by atoms with van der Waals surface area (Å²) < 4.78 is 34.1. The van der Waals surface area contributed by atoms with Crippen LogP contribution >= 0.6 is 0 Å². The monoisotopic (exact) mass is 428 g/mol. The van der Waals surface area contributed by atoms with Gasteiger partial charge in [0.25, 0.3) is 5.91 Å². The van der Waals surface area contributed by atoms with Crippen LogP contribution in [0.1, 0.15) is 34.7 Å². The third kappa shape index (κ3) is 3.80. The Hall–Kier alpha value is -3.23. The first-order valence-electron chi connectivity index (χ1n) is 10.4. The molecule has 0 unspecified atom stereocenters. The number of rotatable bonds is 4. The van der Waals surface area contributed by atoms with Gasteiger partial charge in [-0.15, -0.1) is 0 Å². The fourth-order valence-electron chi connectivity index (χ4n) is 4.09. The average Bonchev–Trinajstić information content (AvgIpc) is 3.54. The highest BCUT2D eigenvalue weighted by atomic mass is 19.1. The molecule has 5 rings (SSSR count). The molecule has 1 aromatic heterocycles. The number of anilines is 2. The van der Waals surface area contributed by atoms with Gasteiger partial charge in [-0.05, 0) is 42.5 Å². The highest BCUT2D eigenvalue weighted by Crippen LogP contribution is 2.39. The van der Waals surface area contributed by atoms with Crippen LogP contribution in [0.15, 0.2) is 30.5 Å². The van der Waals surface area contributed by atoms with Crippen molar-refractivity contribution in [3.05, 3.63) is 53.2 Å². The van der Waals surface area contributed by atoms with Crippen LogP contribution < -0.4 is 9.80 Å². The summed E-state index contributed by atoms with van der Waals surface area (Å²) >= 11 is 0. The smallest absolute Gasteiger partial charge is 0.414 e. The number of hydrogen-bond donors (Lipinski definition) is 0. The van der Waals surface area contributed by atoms with Gasteiger partial charge in [-0.2, -0.15) is 0 Å². The number of carbonyl (C=O) groups excluding carboxylic acids is 2. The number of hydrogen-bond acceptors (Lipinski definition) is 5. The van der Waals surface area contributed by atoms with Crippen LogP contribution in [0.4, 0.5) is 25.1 Å². The standard InChI is InChI=1S/C22H22F2N4O3/c23-17-11-16(28-9-10-31-22(28)30)12-18(24)20(17)21(29)27-7-5-26(6-8-27)19-4-3-15(13-25-19)14-1-2-14/h3-4,11-14H,1-2,5-10H2. The maximum absolute atomic E-state index is 14.7. The Morgan fingerprint density at radius 2 is 1.74 bits per heavy atom. The van der Waals surface area contributed by atoms with E-state index in [4.69, 9.17) is 4.74 Å². The van der Waals surface area contributed by atoms with Crippen molar-refractivity contribution in [1.82, 2.24) is 9.88 Å². The Bertz CT molecular complexity index is 995. The molecule has 2 saturated heterocycles. The van der Waals surface area contributed by atoms with E-state index in [0.29, 0.717) is 32.1 Å². The summed E-state index contributed by atoms with van der Waals surface area (Å²) in [5.74, 6) is -1.18. The number of cyclic esters (lactones) is 1. The van der Waals surface area contributed by atoms with Crippen molar-refractivity contribution < 1.29 is 23.1 Å². The highest BCUT2D eigenvalue weighted by molar-refractivity contribution is 5.96. The number of nitrogens with zero attached hydrogens (tertiary/aromatic N) is 4. The van der Waals surface area contributed by atoms with Crippen LogP contribution in [0.5, 0.6) is 0 Å². The first-order chi connectivity index (χ1) is 15.0. The van der Waals surface area contributed by atoms with E-state index in [0.717, 1.165) is 22.9 Å². The van der Waals surface area contributed by atoms with Gasteiger partial charge in [-0.1, -0.05) is 6.07 Å². The lowest BCUT2D eigenvalue weighted by atomic mass is 10.1. The van der Waals surface area contributed by atoms with Crippen LogP contribution in [0, 0.1) is 11.6 Å². The van der Waals surface area contributed by atoms with E-state index in [1.807, 2.05) is 12.3 Å². The molecule has 3 fully saturated rings. The first-order valence-corrected chi connectivity index (χ1v) is 10.4. The number of halogens is 2. The van der Waals surface area contributed by atoms with Gasteiger partial charge in [-0.3, -0.25) is 9.69 Å². The van der Waals surface area contributed by atoms with Gasteiger partial charge in [-0.25, -0.2) is 18.6 Å². The van der Waals surface area contributed by atoms with E-state index in [9.17, 15) is 18.4 Å². The van der Waals surface area contributed by atoms with Crippen LogP contribution in [0.25, 0.3) is 0 Å². The lowest BCUT2D eigenvalue weighted by Crippen LogP contribution is -2.49. The number of aromatic nitrogens is 1. The lowest BCUT2D eigenvalue weighted by molar-refractivity contribution is 0.0736. The first kappa shape index (κ1) is 19.7. The third-order valence-corrected chi connectivity index (χ3v) is 6.02.